The predicted molar refractivity (Wildman–Crippen MR) is 60.7 cm³/mol. The Morgan fingerprint density at radius 1 is 1.44 bits per heavy atom. The molecule has 1 saturated heterocycles. The summed E-state index contributed by atoms with van der Waals surface area (Å²) in [6.45, 7) is 3.19. The lowest BCUT2D eigenvalue weighted by molar-refractivity contribution is 0.202. The van der Waals surface area contributed by atoms with Crippen molar-refractivity contribution >= 4 is 11.8 Å². The van der Waals surface area contributed by atoms with Crippen molar-refractivity contribution in [2.24, 2.45) is 5.73 Å². The highest BCUT2D eigenvalue weighted by Gasteiger charge is 2.23. The Labute approximate surface area is 94.0 Å². The molecule has 1 aliphatic rings. The Morgan fingerprint density at radius 3 is 2.75 bits per heavy atom. The van der Waals surface area contributed by atoms with Gasteiger partial charge in [0.2, 0.25) is 0 Å². The Kier molecular flexibility index (Phi) is 3.33. The summed E-state index contributed by atoms with van der Waals surface area (Å²) in [7, 11) is 0. The number of urea groups is 1. The first-order valence-corrected chi connectivity index (χ1v) is 5.25. The second kappa shape index (κ2) is 4.91. The number of piperazine rings is 1. The third kappa shape index (κ3) is 2.29. The molecule has 86 valence electrons. The molecule has 0 aromatic carbocycles. The lowest BCUT2D eigenvalue weighted by atomic mass is 10.4. The summed E-state index contributed by atoms with van der Waals surface area (Å²) < 4.78 is 0. The van der Waals surface area contributed by atoms with E-state index in [-0.39, 0.29) is 0 Å². The van der Waals surface area contributed by atoms with Crippen LogP contribution < -0.4 is 16.1 Å². The maximum Gasteiger partial charge on any atom is 0.335 e. The number of carbonyl (C=O) groups excluding carboxylic acids is 1. The summed E-state index contributed by atoms with van der Waals surface area (Å²) >= 11 is 0. The first-order valence-electron chi connectivity index (χ1n) is 5.25. The number of nitrogens with two attached hydrogens (primary N) is 1. The molecule has 0 bridgehead atoms. The minimum absolute atomic E-state index is 0.499. The molecular weight excluding hydrogens is 206 g/mol. The SMILES string of the molecule is NC(=O)N(c1ccccn1)N1CCNCC1. The molecule has 16 heavy (non-hydrogen) atoms. The fourth-order valence-corrected chi connectivity index (χ4v) is 1.73. The van der Waals surface area contributed by atoms with Crippen LogP contribution in [0.3, 0.4) is 0 Å². The van der Waals surface area contributed by atoms with Crippen LogP contribution in [-0.4, -0.2) is 42.2 Å². The van der Waals surface area contributed by atoms with Gasteiger partial charge >= 0.3 is 6.03 Å². The zero-order valence-electron chi connectivity index (χ0n) is 8.97. The lowest BCUT2D eigenvalue weighted by Crippen LogP contribution is -2.56. The van der Waals surface area contributed by atoms with Crippen molar-refractivity contribution in [1.29, 1.82) is 0 Å². The molecule has 0 unspecified atom stereocenters. The maximum absolute atomic E-state index is 11.4. The number of nitrogens with one attached hydrogen (secondary N) is 1. The monoisotopic (exact) mass is 221 g/mol. The summed E-state index contributed by atoms with van der Waals surface area (Å²) in [6.07, 6.45) is 1.65. The van der Waals surface area contributed by atoms with Crippen molar-refractivity contribution in [2.45, 2.75) is 0 Å². The number of hydrogen-bond donors (Lipinski definition) is 2. The standard InChI is InChI=1S/C10H15N5O/c11-10(16)15(9-3-1-2-4-13-9)14-7-5-12-6-8-14/h1-4,12H,5-8H2,(H2,11,16). The topological polar surface area (TPSA) is 74.5 Å². The number of nitrogens with zero attached hydrogens (tertiary/aromatic N) is 3. The minimum atomic E-state index is -0.499. The normalized spacial score (nSPS) is 17.0. The zero-order valence-corrected chi connectivity index (χ0v) is 8.97. The average Bonchev–Trinajstić information content (AvgIpc) is 2.31. The molecule has 2 heterocycles. The molecule has 0 aliphatic carbocycles. The van der Waals surface area contributed by atoms with Crippen molar-refractivity contribution in [3.8, 4) is 0 Å². The number of carbonyl (C=O) groups is 1. The number of amides is 2. The molecule has 1 aliphatic heterocycles. The van der Waals surface area contributed by atoms with Crippen LogP contribution in [-0.2, 0) is 0 Å². The molecule has 0 saturated carbocycles. The first kappa shape index (κ1) is 10.8. The fraction of sp³-hybridized carbons (Fsp3) is 0.400. The molecule has 0 atom stereocenters. The largest absolute Gasteiger partial charge is 0.350 e. The van der Waals surface area contributed by atoms with E-state index in [1.807, 2.05) is 11.1 Å². The van der Waals surface area contributed by atoms with Crippen LogP contribution in [0.25, 0.3) is 0 Å². The summed E-state index contributed by atoms with van der Waals surface area (Å²) in [6, 6.07) is 4.91. The van der Waals surface area contributed by atoms with Gasteiger partial charge in [-0.3, -0.25) is 0 Å². The van der Waals surface area contributed by atoms with Gasteiger partial charge in [0.1, 0.15) is 0 Å². The van der Waals surface area contributed by atoms with E-state index < -0.39 is 6.03 Å². The molecule has 0 radical (unpaired) electrons. The Balaban J connectivity index is 2.20. The number of hydrazine groups is 1. The van der Waals surface area contributed by atoms with E-state index in [9.17, 15) is 4.79 Å². The van der Waals surface area contributed by atoms with Gasteiger partial charge in [0, 0.05) is 32.4 Å². The molecular formula is C10H15N5O. The van der Waals surface area contributed by atoms with Crippen LogP contribution in [0.2, 0.25) is 0 Å². The molecule has 2 rings (SSSR count). The summed E-state index contributed by atoms with van der Waals surface area (Å²) in [5, 5.41) is 6.55. The molecule has 6 nitrogen and oxygen atoms in total. The quantitative estimate of drug-likeness (QED) is 0.724. The summed E-state index contributed by atoms with van der Waals surface area (Å²) in [5.74, 6) is 0.567. The van der Waals surface area contributed by atoms with Crippen LogP contribution in [0.4, 0.5) is 10.6 Å². The molecule has 0 spiro atoms. The maximum atomic E-state index is 11.4. The predicted octanol–water partition coefficient (Wildman–Crippen LogP) is -0.213. The average molecular weight is 221 g/mol. The van der Waals surface area contributed by atoms with Gasteiger partial charge < -0.3 is 11.1 Å². The summed E-state index contributed by atoms with van der Waals surface area (Å²) in [5.41, 5.74) is 5.38. The number of anilines is 1. The van der Waals surface area contributed by atoms with Crippen LogP contribution in [0.1, 0.15) is 0 Å². The van der Waals surface area contributed by atoms with E-state index >= 15 is 0 Å². The third-order valence-electron chi connectivity index (χ3n) is 2.45. The summed E-state index contributed by atoms with van der Waals surface area (Å²) in [4.78, 5) is 15.6. The molecule has 3 N–H and O–H groups in total. The highest BCUT2D eigenvalue weighted by Crippen LogP contribution is 2.12. The van der Waals surface area contributed by atoms with E-state index in [0.29, 0.717) is 5.82 Å². The lowest BCUT2D eigenvalue weighted by Gasteiger charge is -2.35. The van der Waals surface area contributed by atoms with Gasteiger partial charge in [-0.2, -0.15) is 0 Å². The van der Waals surface area contributed by atoms with Gasteiger partial charge in [-0.25, -0.2) is 19.8 Å². The Hall–Kier alpha value is -1.66. The Morgan fingerprint density at radius 2 is 2.19 bits per heavy atom. The highest BCUT2D eigenvalue weighted by atomic mass is 16.2. The smallest absolute Gasteiger partial charge is 0.335 e. The third-order valence-corrected chi connectivity index (χ3v) is 2.45. The van der Waals surface area contributed by atoms with Crippen LogP contribution in [0, 0.1) is 0 Å². The minimum Gasteiger partial charge on any atom is -0.350 e. The van der Waals surface area contributed by atoms with E-state index in [1.165, 1.54) is 5.01 Å². The van der Waals surface area contributed by atoms with Crippen LogP contribution in [0.15, 0.2) is 24.4 Å². The Bertz CT molecular complexity index is 349. The van der Waals surface area contributed by atoms with Crippen molar-refractivity contribution in [1.82, 2.24) is 15.3 Å². The van der Waals surface area contributed by atoms with Crippen molar-refractivity contribution in [2.75, 3.05) is 31.2 Å². The second-order valence-electron chi connectivity index (χ2n) is 3.54. The van der Waals surface area contributed by atoms with Crippen molar-refractivity contribution in [3.63, 3.8) is 0 Å². The van der Waals surface area contributed by atoms with E-state index in [2.05, 4.69) is 10.3 Å². The number of primary amides is 1. The molecule has 2 amide bonds. The van der Waals surface area contributed by atoms with Gasteiger partial charge in [-0.1, -0.05) is 6.07 Å². The van der Waals surface area contributed by atoms with Gasteiger partial charge in [-0.05, 0) is 12.1 Å². The molecule has 1 aromatic heterocycles. The number of pyridine rings is 1. The van der Waals surface area contributed by atoms with Crippen LogP contribution in [0.5, 0.6) is 0 Å². The van der Waals surface area contributed by atoms with Crippen molar-refractivity contribution < 1.29 is 4.79 Å². The van der Waals surface area contributed by atoms with Gasteiger partial charge in [0.25, 0.3) is 0 Å². The number of hydrogen-bond acceptors (Lipinski definition) is 4. The zero-order chi connectivity index (χ0) is 11.4. The van der Waals surface area contributed by atoms with E-state index in [0.717, 1.165) is 26.2 Å². The molecule has 1 aromatic rings. The van der Waals surface area contributed by atoms with Crippen LogP contribution >= 0.6 is 0 Å². The second-order valence-corrected chi connectivity index (χ2v) is 3.54. The highest BCUT2D eigenvalue weighted by molar-refractivity contribution is 5.88. The van der Waals surface area contributed by atoms with Gasteiger partial charge in [0.15, 0.2) is 5.82 Å². The number of aromatic nitrogens is 1. The van der Waals surface area contributed by atoms with Gasteiger partial charge in [0.05, 0.1) is 0 Å². The van der Waals surface area contributed by atoms with Gasteiger partial charge in [-0.15, -0.1) is 0 Å². The first-order chi connectivity index (χ1) is 7.79. The molecule has 1 fully saturated rings. The van der Waals surface area contributed by atoms with E-state index in [4.69, 9.17) is 5.73 Å². The molecule has 6 heteroatoms. The van der Waals surface area contributed by atoms with Crippen molar-refractivity contribution in [3.05, 3.63) is 24.4 Å². The number of rotatable bonds is 2. The fourth-order valence-electron chi connectivity index (χ4n) is 1.73. The van der Waals surface area contributed by atoms with E-state index in [1.54, 1.807) is 18.3 Å².